The number of rotatable bonds is 4. The van der Waals surface area contributed by atoms with E-state index in [1.54, 1.807) is 0 Å². The molecule has 0 aliphatic carbocycles. The van der Waals surface area contributed by atoms with E-state index in [2.05, 4.69) is 0 Å². The maximum atomic E-state index is 13.4. The molecule has 10 nitrogen and oxygen atoms in total. The molecule has 1 saturated heterocycles. The Morgan fingerprint density at radius 1 is 1.03 bits per heavy atom. The van der Waals surface area contributed by atoms with E-state index in [4.69, 9.17) is 9.47 Å². The van der Waals surface area contributed by atoms with Crippen LogP contribution in [0.2, 0.25) is 0 Å². The number of carbonyl (C=O) groups excluding carboxylic acids is 1. The van der Waals surface area contributed by atoms with Crippen LogP contribution in [0.15, 0.2) is 41.3 Å². The van der Waals surface area contributed by atoms with Crippen molar-refractivity contribution in [1.29, 1.82) is 0 Å². The van der Waals surface area contributed by atoms with Gasteiger partial charge in [0.1, 0.15) is 24.6 Å². The summed E-state index contributed by atoms with van der Waals surface area (Å²) in [5, 5.41) is 11.5. The molecule has 164 valence electrons. The summed E-state index contributed by atoms with van der Waals surface area (Å²) in [6, 6.07) is 7.13. The average Bonchev–Trinajstić information content (AvgIpc) is 2.77. The molecule has 0 radical (unpaired) electrons. The number of nitrogens with zero attached hydrogens (tertiary/aromatic N) is 3. The monoisotopic (exact) mass is 451 g/mol. The largest absolute Gasteiger partial charge is 0.486 e. The fraction of sp³-hybridized carbons (Fsp3) is 0.316. The van der Waals surface area contributed by atoms with Crippen LogP contribution in [0.5, 0.6) is 11.5 Å². The zero-order valence-corrected chi connectivity index (χ0v) is 17.0. The normalized spacial score (nSPS) is 16.7. The Labute approximate surface area is 177 Å². The quantitative estimate of drug-likeness (QED) is 0.512. The van der Waals surface area contributed by atoms with Crippen LogP contribution in [-0.2, 0) is 10.0 Å². The summed E-state index contributed by atoms with van der Waals surface area (Å²) < 4.78 is 50.8. The number of fused-ring (bicyclic) bond motifs is 1. The van der Waals surface area contributed by atoms with Crippen LogP contribution in [0.1, 0.15) is 10.4 Å². The highest BCUT2D eigenvalue weighted by Gasteiger charge is 2.34. The van der Waals surface area contributed by atoms with Gasteiger partial charge in [-0.1, -0.05) is 6.07 Å². The Balaban J connectivity index is 1.53. The van der Waals surface area contributed by atoms with Gasteiger partial charge >= 0.3 is 0 Å². The van der Waals surface area contributed by atoms with Crippen LogP contribution in [0, 0.1) is 15.9 Å². The van der Waals surface area contributed by atoms with Gasteiger partial charge in [0.2, 0.25) is 10.0 Å². The Morgan fingerprint density at radius 2 is 1.68 bits per heavy atom. The molecule has 0 bridgehead atoms. The predicted molar refractivity (Wildman–Crippen MR) is 105 cm³/mol. The first kappa shape index (κ1) is 21.0. The van der Waals surface area contributed by atoms with E-state index in [1.807, 2.05) is 0 Å². The number of ether oxygens (including phenoxy) is 2. The fourth-order valence-electron chi connectivity index (χ4n) is 3.48. The van der Waals surface area contributed by atoms with Crippen LogP contribution in [-0.4, -0.2) is 67.8 Å². The standard InChI is InChI=1S/C19H18FN3O7S/c20-13-2-1-3-14(10-13)31(27,28)22-6-4-21(5-7-22)19(24)15-11-17-18(30-9-8-29-17)12-16(15)23(25)26/h1-3,10-12H,4-9H2. The molecule has 0 saturated carbocycles. The molecule has 0 N–H and O–H groups in total. The first-order valence-electron chi connectivity index (χ1n) is 9.40. The summed E-state index contributed by atoms with van der Waals surface area (Å²) in [5.74, 6) is -0.833. The summed E-state index contributed by atoms with van der Waals surface area (Å²) in [6.45, 7) is 0.512. The van der Waals surface area contributed by atoms with E-state index in [9.17, 15) is 27.7 Å². The van der Waals surface area contributed by atoms with Gasteiger partial charge in [-0.2, -0.15) is 4.31 Å². The summed E-state index contributed by atoms with van der Waals surface area (Å²) in [6.07, 6.45) is 0. The number of sulfonamides is 1. The van der Waals surface area contributed by atoms with E-state index in [0.717, 1.165) is 22.5 Å². The zero-order valence-electron chi connectivity index (χ0n) is 16.2. The topological polar surface area (TPSA) is 119 Å². The van der Waals surface area contributed by atoms with Crippen molar-refractivity contribution in [2.75, 3.05) is 39.4 Å². The highest BCUT2D eigenvalue weighted by Crippen LogP contribution is 2.37. The molecule has 12 heteroatoms. The van der Waals surface area contributed by atoms with Crippen molar-refractivity contribution in [3.05, 3.63) is 57.9 Å². The third-order valence-corrected chi connectivity index (χ3v) is 6.94. The molecule has 2 aliphatic rings. The molecule has 2 aliphatic heterocycles. The molecule has 31 heavy (non-hydrogen) atoms. The molecular weight excluding hydrogens is 433 g/mol. The highest BCUT2D eigenvalue weighted by atomic mass is 32.2. The SMILES string of the molecule is O=C(c1cc2c(cc1[N+](=O)[O-])OCCO2)N1CCN(S(=O)(=O)c2cccc(F)c2)CC1. The molecule has 0 spiro atoms. The number of amides is 1. The smallest absolute Gasteiger partial charge is 0.286 e. The predicted octanol–water partition coefficient (Wildman–Crippen LogP) is 1.65. The summed E-state index contributed by atoms with van der Waals surface area (Å²) >= 11 is 0. The van der Waals surface area contributed by atoms with E-state index >= 15 is 0 Å². The average molecular weight is 451 g/mol. The number of hydrogen-bond donors (Lipinski definition) is 0. The molecule has 2 heterocycles. The van der Waals surface area contributed by atoms with Crippen LogP contribution >= 0.6 is 0 Å². The zero-order chi connectivity index (χ0) is 22.2. The van der Waals surface area contributed by atoms with Crippen LogP contribution in [0.25, 0.3) is 0 Å². The number of benzene rings is 2. The van der Waals surface area contributed by atoms with Crippen molar-refractivity contribution in [2.45, 2.75) is 4.90 Å². The minimum atomic E-state index is -3.92. The minimum absolute atomic E-state index is 0.0249. The molecule has 1 amide bonds. The lowest BCUT2D eigenvalue weighted by Gasteiger charge is -2.34. The molecule has 1 fully saturated rings. The summed E-state index contributed by atoms with van der Waals surface area (Å²) in [5.41, 5.74) is -0.570. The Morgan fingerprint density at radius 3 is 2.29 bits per heavy atom. The number of halogens is 1. The molecule has 4 rings (SSSR count). The van der Waals surface area contributed by atoms with Gasteiger partial charge in [-0.15, -0.1) is 0 Å². The van der Waals surface area contributed by atoms with Gasteiger partial charge in [-0.3, -0.25) is 14.9 Å². The van der Waals surface area contributed by atoms with Crippen molar-refractivity contribution in [2.24, 2.45) is 0 Å². The number of nitro benzene ring substituents is 1. The maximum absolute atomic E-state index is 13.4. The third-order valence-electron chi connectivity index (χ3n) is 5.05. The van der Waals surface area contributed by atoms with Gasteiger partial charge in [0.15, 0.2) is 11.5 Å². The molecule has 0 unspecified atom stereocenters. The van der Waals surface area contributed by atoms with Gasteiger partial charge in [0, 0.05) is 32.2 Å². The van der Waals surface area contributed by atoms with Gasteiger partial charge < -0.3 is 14.4 Å². The van der Waals surface area contributed by atoms with Gasteiger partial charge in [-0.05, 0) is 18.2 Å². The van der Waals surface area contributed by atoms with Crippen LogP contribution in [0.3, 0.4) is 0 Å². The Bertz CT molecular complexity index is 1150. The molecular formula is C19H18FN3O7S. The Hall–Kier alpha value is -3.25. The van der Waals surface area contributed by atoms with E-state index < -0.39 is 32.4 Å². The number of nitro groups is 1. The molecule has 0 aromatic heterocycles. The van der Waals surface area contributed by atoms with Crippen molar-refractivity contribution >= 4 is 21.6 Å². The fourth-order valence-corrected chi connectivity index (χ4v) is 4.93. The van der Waals surface area contributed by atoms with E-state index in [0.29, 0.717) is 0 Å². The second-order valence-electron chi connectivity index (χ2n) is 6.92. The summed E-state index contributed by atoms with van der Waals surface area (Å²) in [4.78, 5) is 25.0. The molecule has 2 aromatic rings. The molecule has 2 aromatic carbocycles. The lowest BCUT2D eigenvalue weighted by molar-refractivity contribution is -0.385. The lowest BCUT2D eigenvalue weighted by atomic mass is 10.1. The van der Waals surface area contributed by atoms with Crippen molar-refractivity contribution in [3.8, 4) is 11.5 Å². The number of carbonyl (C=O) groups is 1. The number of hydrogen-bond acceptors (Lipinski definition) is 7. The number of piperazine rings is 1. The van der Waals surface area contributed by atoms with E-state index in [-0.39, 0.29) is 61.4 Å². The maximum Gasteiger partial charge on any atom is 0.286 e. The van der Waals surface area contributed by atoms with Crippen LogP contribution in [0.4, 0.5) is 10.1 Å². The van der Waals surface area contributed by atoms with Crippen LogP contribution < -0.4 is 9.47 Å². The third kappa shape index (κ3) is 4.03. The minimum Gasteiger partial charge on any atom is -0.486 e. The van der Waals surface area contributed by atoms with E-state index in [1.165, 1.54) is 23.1 Å². The first-order valence-corrected chi connectivity index (χ1v) is 10.8. The Kier molecular flexibility index (Phi) is 5.50. The van der Waals surface area contributed by atoms with Gasteiger partial charge in [0.25, 0.3) is 11.6 Å². The highest BCUT2D eigenvalue weighted by molar-refractivity contribution is 7.89. The lowest BCUT2D eigenvalue weighted by Crippen LogP contribution is -2.50. The summed E-state index contributed by atoms with van der Waals surface area (Å²) in [7, 11) is -3.92. The van der Waals surface area contributed by atoms with Crippen molar-refractivity contribution in [3.63, 3.8) is 0 Å². The first-order chi connectivity index (χ1) is 14.8. The van der Waals surface area contributed by atoms with Gasteiger partial charge in [-0.25, -0.2) is 12.8 Å². The van der Waals surface area contributed by atoms with Gasteiger partial charge in [0.05, 0.1) is 15.9 Å². The van der Waals surface area contributed by atoms with Crippen molar-refractivity contribution < 1.29 is 32.0 Å². The second-order valence-corrected chi connectivity index (χ2v) is 8.86. The van der Waals surface area contributed by atoms with Crippen molar-refractivity contribution in [1.82, 2.24) is 9.21 Å². The molecule has 0 atom stereocenters. The second kappa shape index (κ2) is 8.12.